The zero-order chi connectivity index (χ0) is 45.4. The van der Waals surface area contributed by atoms with Crippen LogP contribution in [0.1, 0.15) is 38.4 Å². The van der Waals surface area contributed by atoms with Gasteiger partial charge in [0.15, 0.2) is 11.5 Å². The third kappa shape index (κ3) is 16.8. The van der Waals surface area contributed by atoms with Crippen LogP contribution in [0.5, 0.6) is 11.5 Å². The maximum Gasteiger partial charge on any atom is 0.407 e. The number of methoxy groups -OCH3 is 1. The monoisotopic (exact) mass is 873 g/mol. The smallest absolute Gasteiger partial charge is 0.407 e. The molecule has 0 aliphatic carbocycles. The number of hydrogen-bond donors (Lipinski definition) is 7. The molecule has 4 rings (SSSR count). The minimum Gasteiger partial charge on any atom is -0.496 e. The Labute approximate surface area is 365 Å². The van der Waals surface area contributed by atoms with Gasteiger partial charge in [-0.1, -0.05) is 32.0 Å². The number of carbonyl (C=O) groups is 4. The van der Waals surface area contributed by atoms with Crippen LogP contribution in [0, 0.1) is 17.2 Å². The molecule has 0 aliphatic heterocycles. The Kier molecular flexibility index (Phi) is 20.5. The van der Waals surface area contributed by atoms with Gasteiger partial charge in [0, 0.05) is 24.8 Å². The number of hydrogen-bond acceptors (Lipinski definition) is 16. The van der Waals surface area contributed by atoms with Crippen molar-refractivity contribution in [2.45, 2.75) is 45.9 Å². The Morgan fingerprint density at radius 3 is 2.27 bits per heavy atom. The van der Waals surface area contributed by atoms with E-state index in [2.05, 4.69) is 46.7 Å². The number of aromatic nitrogens is 4. The summed E-state index contributed by atoms with van der Waals surface area (Å²) in [6.45, 7) is 7.52. The van der Waals surface area contributed by atoms with Crippen molar-refractivity contribution in [1.82, 2.24) is 36.1 Å². The lowest BCUT2D eigenvalue weighted by Gasteiger charge is -2.24. The second kappa shape index (κ2) is 26.5. The van der Waals surface area contributed by atoms with Crippen molar-refractivity contribution in [3.8, 4) is 28.8 Å². The van der Waals surface area contributed by atoms with Gasteiger partial charge >= 0.3 is 6.09 Å². The van der Waals surface area contributed by atoms with E-state index in [-0.39, 0.29) is 51.2 Å². The molecule has 0 fully saturated rings. The van der Waals surface area contributed by atoms with Crippen LogP contribution < -0.4 is 41.8 Å². The van der Waals surface area contributed by atoms with Crippen molar-refractivity contribution >= 4 is 41.1 Å². The largest absolute Gasteiger partial charge is 0.496 e. The molecule has 2 atom stereocenters. The molecule has 8 N–H and O–H groups in total. The molecule has 0 unspecified atom stereocenters. The summed E-state index contributed by atoms with van der Waals surface area (Å²) >= 11 is 0. The molecule has 4 amide bonds. The molecule has 21 heteroatoms. The maximum atomic E-state index is 13.0. The number of nitriles is 1. The average Bonchev–Trinajstić information content (AvgIpc) is 3.74. The Balaban J connectivity index is 1.13. The predicted octanol–water partition coefficient (Wildman–Crippen LogP) is 2.78. The van der Waals surface area contributed by atoms with Gasteiger partial charge in [0.25, 0.3) is 0 Å². The Bertz CT molecular complexity index is 2090. The lowest BCUT2D eigenvalue weighted by atomic mass is 10.0. The van der Waals surface area contributed by atoms with E-state index in [4.69, 9.17) is 39.4 Å². The summed E-state index contributed by atoms with van der Waals surface area (Å²) in [5, 5.41) is 30.0. The van der Waals surface area contributed by atoms with E-state index >= 15 is 0 Å². The quantitative estimate of drug-likeness (QED) is 0.0424. The maximum absolute atomic E-state index is 13.0. The molecule has 0 spiro atoms. The van der Waals surface area contributed by atoms with Crippen molar-refractivity contribution in [3.63, 3.8) is 0 Å². The molecule has 0 bridgehead atoms. The normalized spacial score (nSPS) is 11.8. The fourth-order valence-electron chi connectivity index (χ4n) is 5.55. The molecule has 0 saturated heterocycles. The standard InChI is InChI=1S/C42H55N11O10/c1-27(2)39(51-37(54)26-61-20-19-60-18-17-59-16-13-43)41(56)48-28(3)40(55)49-30-11-9-29(10-12-30)25-63-42(57)45-14-6-15-62-34-8-5-7-33(58-4)38(34)32-21-35(53-52-32)50-36-24-46-31(22-44)23-47-36/h5,7-12,21,23-24,27-28,39H,6,13-20,25-26,43H2,1-4H3,(H,45,57)(H,48,56)(H,49,55)(H,51,54)(H2,47,50,52,53)/t28-,39-/m0/s1. The summed E-state index contributed by atoms with van der Waals surface area (Å²) in [5.41, 5.74) is 7.96. The lowest BCUT2D eigenvalue weighted by Crippen LogP contribution is -2.54. The van der Waals surface area contributed by atoms with Gasteiger partial charge in [0.2, 0.25) is 17.7 Å². The number of nitrogens with two attached hydrogens (primary N) is 1. The van der Waals surface area contributed by atoms with E-state index < -0.39 is 35.9 Å². The van der Waals surface area contributed by atoms with Gasteiger partial charge in [-0.25, -0.2) is 14.8 Å². The van der Waals surface area contributed by atoms with Gasteiger partial charge < -0.3 is 60.7 Å². The van der Waals surface area contributed by atoms with Crippen LogP contribution >= 0.6 is 0 Å². The molecule has 2 aromatic carbocycles. The van der Waals surface area contributed by atoms with Crippen molar-refractivity contribution in [1.29, 1.82) is 5.26 Å². The van der Waals surface area contributed by atoms with Gasteiger partial charge in [0.05, 0.1) is 70.4 Å². The van der Waals surface area contributed by atoms with E-state index in [1.165, 1.54) is 19.3 Å². The third-order valence-corrected chi connectivity index (χ3v) is 8.77. The Morgan fingerprint density at radius 2 is 1.59 bits per heavy atom. The lowest BCUT2D eigenvalue weighted by molar-refractivity contribution is -0.133. The minimum absolute atomic E-state index is 0.0127. The first-order valence-electron chi connectivity index (χ1n) is 20.2. The van der Waals surface area contributed by atoms with Crippen LogP contribution in [-0.4, -0.2) is 123 Å². The van der Waals surface area contributed by atoms with E-state index in [1.807, 2.05) is 6.07 Å². The number of aromatic amines is 1. The number of amides is 4. The second-order valence-electron chi connectivity index (χ2n) is 14.0. The highest BCUT2D eigenvalue weighted by molar-refractivity contribution is 5.98. The molecule has 2 aromatic heterocycles. The average molecular weight is 874 g/mol. The topological polar surface area (TPSA) is 288 Å². The summed E-state index contributed by atoms with van der Waals surface area (Å²) < 4.78 is 32.9. The van der Waals surface area contributed by atoms with E-state index in [0.29, 0.717) is 78.4 Å². The number of carbonyl (C=O) groups excluding carboxylic acids is 4. The molecule has 0 aliphatic rings. The molecular formula is C42H55N11O10. The van der Waals surface area contributed by atoms with E-state index in [9.17, 15) is 19.2 Å². The van der Waals surface area contributed by atoms with E-state index in [1.54, 1.807) is 69.5 Å². The van der Waals surface area contributed by atoms with Crippen LogP contribution in [0.25, 0.3) is 11.3 Å². The first-order chi connectivity index (χ1) is 30.5. The highest BCUT2D eigenvalue weighted by atomic mass is 16.6. The molecule has 21 nitrogen and oxygen atoms in total. The Morgan fingerprint density at radius 1 is 0.857 bits per heavy atom. The molecule has 4 aromatic rings. The summed E-state index contributed by atoms with van der Waals surface area (Å²) in [6.07, 6.45) is 2.64. The van der Waals surface area contributed by atoms with Crippen molar-refractivity contribution in [2.75, 3.05) is 77.1 Å². The second-order valence-corrected chi connectivity index (χ2v) is 14.0. The van der Waals surface area contributed by atoms with Gasteiger partial charge in [-0.2, -0.15) is 10.4 Å². The van der Waals surface area contributed by atoms with Crippen molar-refractivity contribution in [2.24, 2.45) is 11.7 Å². The number of alkyl carbamates (subject to hydrolysis) is 1. The van der Waals surface area contributed by atoms with Crippen LogP contribution in [0.3, 0.4) is 0 Å². The molecule has 63 heavy (non-hydrogen) atoms. The molecule has 338 valence electrons. The van der Waals surface area contributed by atoms with Crippen LogP contribution in [0.15, 0.2) is 60.9 Å². The van der Waals surface area contributed by atoms with Crippen LogP contribution in [0.4, 0.5) is 22.1 Å². The van der Waals surface area contributed by atoms with Gasteiger partial charge in [-0.3, -0.25) is 19.5 Å². The van der Waals surface area contributed by atoms with Gasteiger partial charge in [-0.05, 0) is 49.1 Å². The molecule has 0 saturated carbocycles. The first kappa shape index (κ1) is 48.8. The van der Waals surface area contributed by atoms with Crippen LogP contribution in [0.2, 0.25) is 0 Å². The fourth-order valence-corrected chi connectivity index (χ4v) is 5.55. The zero-order valence-electron chi connectivity index (χ0n) is 35.7. The van der Waals surface area contributed by atoms with Crippen molar-refractivity contribution < 1.29 is 47.6 Å². The van der Waals surface area contributed by atoms with Gasteiger partial charge in [0.1, 0.15) is 48.7 Å². The number of ether oxygens (including phenoxy) is 6. The zero-order valence-corrected chi connectivity index (χ0v) is 35.7. The first-order valence-corrected chi connectivity index (χ1v) is 20.2. The number of H-pyrrole nitrogens is 1. The summed E-state index contributed by atoms with van der Waals surface area (Å²) in [4.78, 5) is 58.9. The molecule has 0 radical (unpaired) electrons. The fraction of sp³-hybridized carbons (Fsp3) is 0.429. The number of anilines is 3. The third-order valence-electron chi connectivity index (χ3n) is 8.77. The van der Waals surface area contributed by atoms with E-state index in [0.717, 1.165) is 0 Å². The number of rotatable bonds is 27. The summed E-state index contributed by atoms with van der Waals surface area (Å²) in [6, 6.07) is 13.9. The Hall–Kier alpha value is -6.86. The summed E-state index contributed by atoms with van der Waals surface area (Å²) in [5.74, 6) is 0.233. The number of benzene rings is 2. The minimum atomic E-state index is -0.919. The predicted molar refractivity (Wildman–Crippen MR) is 230 cm³/mol. The number of nitrogens with zero attached hydrogens (tertiary/aromatic N) is 4. The van der Waals surface area contributed by atoms with Crippen LogP contribution in [-0.2, 0) is 39.9 Å². The molecule has 2 heterocycles. The number of nitrogens with one attached hydrogen (secondary N) is 6. The SMILES string of the molecule is COc1cccc(OCCCNC(=O)OCc2ccc(NC(=O)[C@H](C)NC(=O)[C@@H](NC(=O)COCCOCCOCCN)C(C)C)cc2)c1-c1cc(Nc2cnc(C#N)cn2)n[nH]1. The summed E-state index contributed by atoms with van der Waals surface area (Å²) in [7, 11) is 1.55. The molecular weight excluding hydrogens is 819 g/mol. The van der Waals surface area contributed by atoms with Gasteiger partial charge in [-0.15, -0.1) is 0 Å². The highest BCUT2D eigenvalue weighted by Gasteiger charge is 2.27. The van der Waals surface area contributed by atoms with Crippen molar-refractivity contribution in [3.05, 3.63) is 72.2 Å². The highest BCUT2D eigenvalue weighted by Crippen LogP contribution is 2.38.